The first-order valence-electron chi connectivity index (χ1n) is 20.6. The van der Waals surface area contributed by atoms with Crippen molar-refractivity contribution in [3.05, 3.63) is 0 Å². The number of carboxylic acids is 1. The molecule has 2 fully saturated rings. The van der Waals surface area contributed by atoms with E-state index in [9.17, 15) is 9.59 Å². The van der Waals surface area contributed by atoms with Crippen LogP contribution in [-0.4, -0.2) is 54.0 Å². The van der Waals surface area contributed by atoms with Crippen LogP contribution in [0.5, 0.6) is 0 Å². The molecular weight excluding hydrogens is 611 g/mol. The van der Waals surface area contributed by atoms with Crippen molar-refractivity contribution >= 4 is 11.9 Å². The molecule has 0 bridgehead atoms. The zero-order chi connectivity index (χ0) is 34.2. The second-order valence-electron chi connectivity index (χ2n) is 14.5. The minimum Gasteiger partial charge on any atom is -0.870 e. The Kier molecular flexibility index (Phi) is 38.3. The molecular formula is C41H79LiO7. The van der Waals surface area contributed by atoms with E-state index in [1.807, 2.05) is 0 Å². The second-order valence-corrected chi connectivity index (χ2v) is 14.5. The van der Waals surface area contributed by atoms with Gasteiger partial charge in [-0.05, 0) is 38.5 Å². The molecule has 0 aliphatic carbocycles. The van der Waals surface area contributed by atoms with Crippen LogP contribution in [-0.2, 0) is 23.8 Å². The molecule has 0 aromatic heterocycles. The van der Waals surface area contributed by atoms with Gasteiger partial charge in [-0.1, -0.05) is 168 Å². The number of carbonyl (C=O) groups excluding carboxylic acids is 1. The topological polar surface area (TPSA) is 119 Å². The number of ether oxygens (including phenoxy) is 3. The average molecular weight is 691 g/mol. The molecule has 2 heterocycles. The molecule has 7 nitrogen and oxygen atoms in total. The van der Waals surface area contributed by atoms with Gasteiger partial charge >= 0.3 is 30.8 Å². The van der Waals surface area contributed by atoms with Crippen molar-refractivity contribution in [2.45, 2.75) is 244 Å². The van der Waals surface area contributed by atoms with Crippen LogP contribution in [0.4, 0.5) is 0 Å². The maximum absolute atomic E-state index is 11.0. The molecule has 286 valence electrons. The molecule has 8 heteroatoms. The van der Waals surface area contributed by atoms with E-state index in [-0.39, 0.29) is 30.3 Å². The van der Waals surface area contributed by atoms with Crippen LogP contribution in [0.1, 0.15) is 219 Å². The number of carbonyl (C=O) groups is 2. The number of unbranched alkanes of at least 4 members (excludes halogenated alkanes) is 24. The van der Waals surface area contributed by atoms with Gasteiger partial charge in [0, 0.05) is 12.8 Å². The van der Waals surface area contributed by atoms with Crippen LogP contribution >= 0.6 is 0 Å². The molecule has 2 N–H and O–H groups in total. The molecule has 0 aromatic rings. The monoisotopic (exact) mass is 691 g/mol. The van der Waals surface area contributed by atoms with Crippen molar-refractivity contribution in [3.8, 4) is 0 Å². The third-order valence-corrected chi connectivity index (χ3v) is 10.2. The molecule has 0 aromatic carbocycles. The van der Waals surface area contributed by atoms with Gasteiger partial charge in [-0.3, -0.25) is 9.59 Å². The number of carboxylic acid groups (broad SMARTS) is 1. The van der Waals surface area contributed by atoms with Crippen LogP contribution in [0.3, 0.4) is 0 Å². The molecule has 0 radical (unpaired) electrons. The number of rotatable bonds is 34. The van der Waals surface area contributed by atoms with Crippen LogP contribution in [0.15, 0.2) is 0 Å². The predicted octanol–water partition coefficient (Wildman–Crippen LogP) is 9.12. The van der Waals surface area contributed by atoms with Gasteiger partial charge in [0.2, 0.25) is 0 Å². The quantitative estimate of drug-likeness (QED) is 0.0310. The molecule has 49 heavy (non-hydrogen) atoms. The largest absolute Gasteiger partial charge is 1.00 e. The number of aliphatic carboxylic acids is 1. The van der Waals surface area contributed by atoms with Gasteiger partial charge in [-0.25, -0.2) is 0 Å². The van der Waals surface area contributed by atoms with Gasteiger partial charge in [0.05, 0.1) is 31.5 Å². The number of esters is 1. The smallest absolute Gasteiger partial charge is 0.870 e. The van der Waals surface area contributed by atoms with Crippen molar-refractivity contribution in [2.75, 3.05) is 7.11 Å². The molecule has 0 spiro atoms. The number of methoxy groups -OCH3 is 1. The fourth-order valence-corrected chi connectivity index (χ4v) is 6.81. The van der Waals surface area contributed by atoms with Crippen molar-refractivity contribution < 1.29 is 53.2 Å². The average Bonchev–Trinajstić information content (AvgIpc) is 4.00. The second kappa shape index (κ2) is 37.2. The van der Waals surface area contributed by atoms with E-state index in [0.717, 1.165) is 19.3 Å². The molecule has 2 saturated heterocycles. The Labute approximate surface area is 315 Å². The van der Waals surface area contributed by atoms with Gasteiger partial charge in [0.25, 0.3) is 0 Å². The van der Waals surface area contributed by atoms with Gasteiger partial charge < -0.3 is 24.8 Å². The van der Waals surface area contributed by atoms with E-state index in [4.69, 9.17) is 14.6 Å². The first kappa shape index (κ1) is 50.5. The van der Waals surface area contributed by atoms with Gasteiger partial charge in [-0.2, -0.15) is 0 Å². The summed E-state index contributed by atoms with van der Waals surface area (Å²) < 4.78 is 15.8. The first-order chi connectivity index (χ1) is 23.0. The number of hydrogen-bond donors (Lipinski definition) is 1. The zero-order valence-electron chi connectivity index (χ0n) is 32.9. The van der Waals surface area contributed by atoms with E-state index in [0.29, 0.717) is 37.3 Å². The minimum atomic E-state index is -0.656. The van der Waals surface area contributed by atoms with E-state index in [1.165, 1.54) is 180 Å². The van der Waals surface area contributed by atoms with Crippen molar-refractivity contribution in [3.63, 3.8) is 0 Å². The number of hydrogen-bond acceptors (Lipinski definition) is 6. The molecule has 0 saturated carbocycles. The SMILES string of the molecule is CCC1OC1CCCCCCCCCCCCCCCC(=O)O.CCC1OC1CCCCCCCCCCCCCCCC(=O)OC.[Li+].[OH-]. The normalized spacial score (nSPS) is 18.8. The Bertz CT molecular complexity index is 722. The Morgan fingerprint density at radius 1 is 0.469 bits per heavy atom. The fourth-order valence-electron chi connectivity index (χ4n) is 6.81. The summed E-state index contributed by atoms with van der Waals surface area (Å²) in [6, 6.07) is 0. The molecule has 0 amide bonds. The summed E-state index contributed by atoms with van der Waals surface area (Å²) in [5.74, 6) is -0.725. The summed E-state index contributed by atoms with van der Waals surface area (Å²) in [5, 5.41) is 8.55. The zero-order valence-corrected chi connectivity index (χ0v) is 32.9. The Balaban J connectivity index is 0. The summed E-state index contributed by atoms with van der Waals surface area (Å²) in [7, 11) is 1.47. The summed E-state index contributed by atoms with van der Waals surface area (Å²) in [6.45, 7) is 4.43. The number of epoxide rings is 2. The standard InChI is InChI=1S/C21H40O3.C20H38O3.Li.H2O/c1-3-19-20(24-19)17-15-13-11-9-7-5-4-6-8-10-12-14-16-18-21(22)23-2;1-2-18-19(23-18)16-14-12-10-8-6-4-3-5-7-9-11-13-15-17-20(21)22;;/h19-20H,3-18H2,1-2H3;18-19H,2-17H2,1H3,(H,21,22);;1H2/q;;+1;/p-1. The maximum atomic E-state index is 11.0. The van der Waals surface area contributed by atoms with Crippen LogP contribution in [0.2, 0.25) is 0 Å². The van der Waals surface area contributed by atoms with Crippen molar-refractivity contribution in [2.24, 2.45) is 0 Å². The van der Waals surface area contributed by atoms with Gasteiger partial charge in [0.1, 0.15) is 0 Å². The third-order valence-electron chi connectivity index (χ3n) is 10.2. The summed E-state index contributed by atoms with van der Waals surface area (Å²) >= 11 is 0. The predicted molar refractivity (Wildman–Crippen MR) is 198 cm³/mol. The Morgan fingerprint density at radius 3 is 0.980 bits per heavy atom. The van der Waals surface area contributed by atoms with Crippen LogP contribution < -0.4 is 18.9 Å². The van der Waals surface area contributed by atoms with E-state index in [2.05, 4.69) is 18.6 Å². The van der Waals surface area contributed by atoms with E-state index in [1.54, 1.807) is 0 Å². The summed E-state index contributed by atoms with van der Waals surface area (Å²) in [5.41, 5.74) is 0. The maximum Gasteiger partial charge on any atom is 1.00 e. The minimum absolute atomic E-state index is 0. The summed E-state index contributed by atoms with van der Waals surface area (Å²) in [6.07, 6.45) is 42.3. The third kappa shape index (κ3) is 34.3. The molecule has 4 unspecified atom stereocenters. The molecule has 2 aliphatic rings. The van der Waals surface area contributed by atoms with E-state index < -0.39 is 5.97 Å². The molecule has 2 rings (SSSR count). The molecule has 4 atom stereocenters. The van der Waals surface area contributed by atoms with Crippen LogP contribution in [0.25, 0.3) is 0 Å². The van der Waals surface area contributed by atoms with Crippen molar-refractivity contribution in [1.29, 1.82) is 0 Å². The Morgan fingerprint density at radius 2 is 0.735 bits per heavy atom. The molecule has 2 aliphatic heterocycles. The van der Waals surface area contributed by atoms with Crippen molar-refractivity contribution in [1.82, 2.24) is 0 Å². The fraction of sp³-hybridized carbons (Fsp3) is 0.951. The van der Waals surface area contributed by atoms with Crippen LogP contribution in [0, 0.1) is 0 Å². The summed E-state index contributed by atoms with van der Waals surface area (Å²) in [4.78, 5) is 21.3. The van der Waals surface area contributed by atoms with Gasteiger partial charge in [-0.15, -0.1) is 0 Å². The Hall–Kier alpha value is -0.583. The van der Waals surface area contributed by atoms with Gasteiger partial charge in [0.15, 0.2) is 0 Å². The first-order valence-corrected chi connectivity index (χ1v) is 20.6. The van der Waals surface area contributed by atoms with E-state index >= 15 is 0 Å².